The van der Waals surface area contributed by atoms with Gasteiger partial charge < -0.3 is 4.74 Å². The molecule has 0 aliphatic carbocycles. The lowest BCUT2D eigenvalue weighted by Gasteiger charge is -2.06. The van der Waals surface area contributed by atoms with Crippen LogP contribution in [0.15, 0.2) is 0 Å². The highest BCUT2D eigenvalue weighted by molar-refractivity contribution is 5.69. The molecule has 1 aliphatic heterocycles. The molecule has 1 saturated heterocycles. The van der Waals surface area contributed by atoms with E-state index in [0.717, 1.165) is 12.8 Å². The minimum Gasteiger partial charge on any atom is -0.466 e. The van der Waals surface area contributed by atoms with Gasteiger partial charge in [-0.15, -0.1) is 0 Å². The normalized spacial score (nSPS) is 27.3. The van der Waals surface area contributed by atoms with E-state index in [2.05, 4.69) is 6.92 Å². The molecule has 0 bridgehead atoms. The van der Waals surface area contributed by atoms with Crippen molar-refractivity contribution >= 4 is 5.97 Å². The van der Waals surface area contributed by atoms with Crippen LogP contribution in [-0.2, 0) is 9.53 Å². The maximum absolute atomic E-state index is 10.7. The lowest BCUT2D eigenvalue weighted by Crippen LogP contribution is -2.00. The molecule has 1 atom stereocenters. The molecular formula is C8H14O2. The van der Waals surface area contributed by atoms with Gasteiger partial charge in [0.15, 0.2) is 0 Å². The van der Waals surface area contributed by atoms with Crippen LogP contribution < -0.4 is 0 Å². The Balaban J connectivity index is 2.33. The molecule has 58 valence electrons. The minimum atomic E-state index is -0.0176. The Hall–Kier alpha value is -0.530. The van der Waals surface area contributed by atoms with E-state index < -0.39 is 0 Å². The second-order valence-electron chi connectivity index (χ2n) is 2.82. The number of esters is 1. The molecule has 0 saturated carbocycles. The van der Waals surface area contributed by atoms with E-state index in [-0.39, 0.29) is 5.97 Å². The summed E-state index contributed by atoms with van der Waals surface area (Å²) in [6.45, 7) is 2.80. The largest absolute Gasteiger partial charge is 0.466 e. The lowest BCUT2D eigenvalue weighted by molar-refractivity contribution is -0.142. The number of hydrogen-bond acceptors (Lipinski definition) is 2. The fourth-order valence-corrected chi connectivity index (χ4v) is 1.29. The highest BCUT2D eigenvalue weighted by atomic mass is 16.5. The summed E-state index contributed by atoms with van der Waals surface area (Å²) in [7, 11) is 0. The summed E-state index contributed by atoms with van der Waals surface area (Å²) in [5.74, 6) is 0.697. The average molecular weight is 142 g/mol. The van der Waals surface area contributed by atoms with Crippen molar-refractivity contribution in [3.63, 3.8) is 0 Å². The maximum Gasteiger partial charge on any atom is 0.305 e. The van der Waals surface area contributed by atoms with Gasteiger partial charge in [0, 0.05) is 6.42 Å². The molecule has 1 unspecified atom stereocenters. The van der Waals surface area contributed by atoms with Crippen molar-refractivity contribution in [2.45, 2.75) is 32.6 Å². The maximum atomic E-state index is 10.7. The molecule has 0 amide bonds. The Labute approximate surface area is 61.6 Å². The molecule has 2 nitrogen and oxygen atoms in total. The van der Waals surface area contributed by atoms with Crippen LogP contribution in [0.1, 0.15) is 32.6 Å². The molecule has 0 spiro atoms. The van der Waals surface area contributed by atoms with Gasteiger partial charge in [-0.1, -0.05) is 13.3 Å². The van der Waals surface area contributed by atoms with Crippen molar-refractivity contribution in [2.75, 3.05) is 6.61 Å². The van der Waals surface area contributed by atoms with Crippen LogP contribution in [-0.4, -0.2) is 12.6 Å². The number of ether oxygens (including phenoxy) is 1. The number of cyclic esters (lactones) is 1. The summed E-state index contributed by atoms with van der Waals surface area (Å²) in [4.78, 5) is 10.7. The zero-order valence-corrected chi connectivity index (χ0v) is 6.43. The summed E-state index contributed by atoms with van der Waals surface area (Å²) in [6, 6.07) is 0. The van der Waals surface area contributed by atoms with Crippen LogP contribution in [0.25, 0.3) is 0 Å². The van der Waals surface area contributed by atoms with Crippen molar-refractivity contribution < 1.29 is 9.53 Å². The number of hydrogen-bond donors (Lipinski definition) is 0. The van der Waals surface area contributed by atoms with Crippen LogP contribution in [0.5, 0.6) is 0 Å². The third-order valence-corrected chi connectivity index (χ3v) is 2.12. The van der Waals surface area contributed by atoms with Crippen LogP contribution in [0.4, 0.5) is 0 Å². The van der Waals surface area contributed by atoms with Gasteiger partial charge in [-0.2, -0.15) is 0 Å². The predicted molar refractivity (Wildman–Crippen MR) is 38.6 cm³/mol. The van der Waals surface area contributed by atoms with E-state index >= 15 is 0 Å². The number of carbonyl (C=O) groups excluding carboxylic acids is 1. The molecule has 1 aliphatic rings. The van der Waals surface area contributed by atoms with Crippen molar-refractivity contribution in [2.24, 2.45) is 5.92 Å². The molecule has 1 rings (SSSR count). The van der Waals surface area contributed by atoms with Crippen LogP contribution in [0, 0.1) is 5.92 Å². The first-order valence-electron chi connectivity index (χ1n) is 3.98. The summed E-state index contributed by atoms with van der Waals surface area (Å²) >= 11 is 0. The highest BCUT2D eigenvalue weighted by Gasteiger charge is 2.14. The Morgan fingerprint density at radius 2 is 2.40 bits per heavy atom. The minimum absolute atomic E-state index is 0.0176. The number of carbonyl (C=O) groups is 1. The van der Waals surface area contributed by atoms with E-state index in [1.54, 1.807) is 0 Å². The predicted octanol–water partition coefficient (Wildman–Crippen LogP) is 1.74. The highest BCUT2D eigenvalue weighted by Crippen LogP contribution is 2.18. The molecular weight excluding hydrogens is 128 g/mol. The van der Waals surface area contributed by atoms with Gasteiger partial charge in [0.25, 0.3) is 0 Å². The topological polar surface area (TPSA) is 26.3 Å². The first-order valence-corrected chi connectivity index (χ1v) is 3.98. The lowest BCUT2D eigenvalue weighted by atomic mass is 9.98. The molecule has 2 heteroatoms. The zero-order valence-electron chi connectivity index (χ0n) is 6.43. The van der Waals surface area contributed by atoms with Crippen LogP contribution in [0.2, 0.25) is 0 Å². The van der Waals surface area contributed by atoms with Crippen molar-refractivity contribution in [1.82, 2.24) is 0 Å². The molecule has 0 radical (unpaired) electrons. The standard InChI is InChI=1S/C8H14O2/c1-2-7-3-4-8(9)10-6-5-7/h7H,2-6H2,1H3. The molecule has 1 fully saturated rings. The summed E-state index contributed by atoms with van der Waals surface area (Å²) in [6.07, 6.45) is 3.88. The fourth-order valence-electron chi connectivity index (χ4n) is 1.29. The van der Waals surface area contributed by atoms with E-state index in [4.69, 9.17) is 4.74 Å². The van der Waals surface area contributed by atoms with Gasteiger partial charge in [0.05, 0.1) is 6.61 Å². The van der Waals surface area contributed by atoms with Crippen LogP contribution >= 0.6 is 0 Å². The summed E-state index contributed by atoms with van der Waals surface area (Å²) in [5, 5.41) is 0. The fraction of sp³-hybridized carbons (Fsp3) is 0.875. The Bertz CT molecular complexity index is 120. The average Bonchev–Trinajstić information content (AvgIpc) is 2.14. The van der Waals surface area contributed by atoms with E-state index in [1.165, 1.54) is 6.42 Å². The Morgan fingerprint density at radius 1 is 1.60 bits per heavy atom. The van der Waals surface area contributed by atoms with Gasteiger partial charge in [0.2, 0.25) is 0 Å². The molecule has 0 aromatic heterocycles. The van der Waals surface area contributed by atoms with Crippen molar-refractivity contribution in [1.29, 1.82) is 0 Å². The molecule has 10 heavy (non-hydrogen) atoms. The van der Waals surface area contributed by atoms with Gasteiger partial charge in [-0.05, 0) is 18.8 Å². The Morgan fingerprint density at radius 3 is 3.10 bits per heavy atom. The van der Waals surface area contributed by atoms with Gasteiger partial charge in [0.1, 0.15) is 0 Å². The second-order valence-corrected chi connectivity index (χ2v) is 2.82. The van der Waals surface area contributed by atoms with Crippen LogP contribution in [0.3, 0.4) is 0 Å². The summed E-state index contributed by atoms with van der Waals surface area (Å²) in [5.41, 5.74) is 0. The third kappa shape index (κ3) is 2.01. The van der Waals surface area contributed by atoms with Gasteiger partial charge in [-0.3, -0.25) is 4.79 Å². The van der Waals surface area contributed by atoms with Crippen molar-refractivity contribution in [3.05, 3.63) is 0 Å². The Kier molecular flexibility index (Phi) is 2.72. The van der Waals surface area contributed by atoms with E-state index in [0.29, 0.717) is 18.9 Å². The quantitative estimate of drug-likeness (QED) is 0.521. The smallest absolute Gasteiger partial charge is 0.305 e. The first-order chi connectivity index (χ1) is 4.83. The monoisotopic (exact) mass is 142 g/mol. The summed E-state index contributed by atoms with van der Waals surface area (Å²) < 4.78 is 4.90. The zero-order chi connectivity index (χ0) is 7.40. The molecule has 1 heterocycles. The van der Waals surface area contributed by atoms with E-state index in [9.17, 15) is 4.79 Å². The van der Waals surface area contributed by atoms with E-state index in [1.807, 2.05) is 0 Å². The molecule has 0 N–H and O–H groups in total. The first kappa shape index (κ1) is 7.58. The van der Waals surface area contributed by atoms with Crippen molar-refractivity contribution in [3.8, 4) is 0 Å². The molecule has 0 aromatic rings. The van der Waals surface area contributed by atoms with Gasteiger partial charge >= 0.3 is 5.97 Å². The van der Waals surface area contributed by atoms with Gasteiger partial charge in [-0.25, -0.2) is 0 Å². The second kappa shape index (κ2) is 3.59. The third-order valence-electron chi connectivity index (χ3n) is 2.12. The molecule has 0 aromatic carbocycles. The number of rotatable bonds is 1. The SMILES string of the molecule is CCC1CCOC(=O)CC1.